The molecule has 0 fully saturated rings. The Bertz CT molecular complexity index is 728. The minimum Gasteiger partial charge on any atom is -0.511 e. The van der Waals surface area contributed by atoms with Crippen LogP contribution >= 0.6 is 22.6 Å². The molecule has 0 heterocycles. The van der Waals surface area contributed by atoms with Crippen molar-refractivity contribution in [1.82, 2.24) is 0 Å². The first-order valence-corrected chi connectivity index (χ1v) is 8.23. The van der Waals surface area contributed by atoms with E-state index in [-0.39, 0.29) is 47.6 Å². The largest absolute Gasteiger partial charge is 0.511 e. The van der Waals surface area contributed by atoms with E-state index in [1.165, 1.54) is 0 Å². The van der Waals surface area contributed by atoms with E-state index in [2.05, 4.69) is 22.6 Å². The van der Waals surface area contributed by atoms with E-state index >= 15 is 0 Å². The number of hydrogen-bond acceptors (Lipinski definition) is 3. The molecule has 0 radical (unpaired) electrons. The Morgan fingerprint density at radius 3 is 2.73 bits per heavy atom. The number of aliphatic hydroxyl groups is 1. The van der Waals surface area contributed by atoms with Gasteiger partial charge < -0.3 is 5.11 Å². The molecule has 0 amide bonds. The smallest absolute Gasteiger partial charge is 0.174 e. The second kappa shape index (κ2) is 6.20. The maximum atomic E-state index is 12.5. The number of benzene rings is 1. The third-order valence-electron chi connectivity index (χ3n) is 4.11. The van der Waals surface area contributed by atoms with Crippen molar-refractivity contribution in [1.29, 1.82) is 0 Å². The zero-order valence-electron chi connectivity index (χ0n) is 11.8. The molecule has 0 saturated carbocycles. The summed E-state index contributed by atoms with van der Waals surface area (Å²) in [7, 11) is 0. The molecule has 2 unspecified atom stereocenters. The Kier molecular flexibility index (Phi) is 4.29. The molecule has 2 aliphatic carbocycles. The molecular formula is C18H15IO3. The van der Waals surface area contributed by atoms with Crippen molar-refractivity contribution in [2.24, 2.45) is 11.8 Å². The molecule has 0 spiro atoms. The van der Waals surface area contributed by atoms with Crippen molar-refractivity contribution < 1.29 is 14.7 Å². The number of ketones is 2. The Morgan fingerprint density at radius 1 is 1.23 bits per heavy atom. The Hall–Kier alpha value is -1.69. The van der Waals surface area contributed by atoms with Gasteiger partial charge in [0.1, 0.15) is 5.76 Å². The van der Waals surface area contributed by atoms with Crippen LogP contribution in [0.25, 0.3) is 0 Å². The fraction of sp³-hybridized carbons (Fsp3) is 0.222. The molecule has 1 aromatic rings. The topological polar surface area (TPSA) is 54.4 Å². The highest BCUT2D eigenvalue weighted by Gasteiger charge is 2.37. The van der Waals surface area contributed by atoms with E-state index in [9.17, 15) is 14.7 Å². The van der Waals surface area contributed by atoms with Gasteiger partial charge in [-0.15, -0.1) is 0 Å². The normalized spacial score (nSPS) is 23.6. The highest BCUT2D eigenvalue weighted by atomic mass is 127. The lowest BCUT2D eigenvalue weighted by Gasteiger charge is -2.29. The van der Waals surface area contributed by atoms with E-state index in [0.29, 0.717) is 0 Å². The number of rotatable bonds is 3. The van der Waals surface area contributed by atoms with Crippen molar-refractivity contribution in [2.45, 2.75) is 12.8 Å². The molecule has 3 rings (SSSR count). The third kappa shape index (κ3) is 2.79. The van der Waals surface area contributed by atoms with Crippen LogP contribution in [-0.2, 0) is 16.0 Å². The molecule has 0 aromatic heterocycles. The molecule has 112 valence electrons. The third-order valence-corrected chi connectivity index (χ3v) is 5.16. The highest BCUT2D eigenvalue weighted by molar-refractivity contribution is 14.1. The Labute approximate surface area is 142 Å². The van der Waals surface area contributed by atoms with Gasteiger partial charge in [-0.3, -0.25) is 9.59 Å². The molecule has 0 bridgehead atoms. The van der Waals surface area contributed by atoms with Crippen LogP contribution < -0.4 is 0 Å². The van der Waals surface area contributed by atoms with Crippen LogP contribution in [0, 0.1) is 15.4 Å². The molecule has 4 heteroatoms. The van der Waals surface area contributed by atoms with Crippen LogP contribution in [0.2, 0.25) is 0 Å². The number of carbonyl (C=O) groups excluding carboxylic acids is 2. The van der Waals surface area contributed by atoms with Gasteiger partial charge in [0.15, 0.2) is 11.6 Å². The van der Waals surface area contributed by atoms with E-state index < -0.39 is 0 Å². The predicted octanol–water partition coefficient (Wildman–Crippen LogP) is 3.55. The molecule has 2 aliphatic rings. The summed E-state index contributed by atoms with van der Waals surface area (Å²) >= 11 is 2.17. The van der Waals surface area contributed by atoms with Gasteiger partial charge in [-0.25, -0.2) is 0 Å². The highest BCUT2D eigenvalue weighted by Crippen LogP contribution is 2.36. The Balaban J connectivity index is 1.91. The summed E-state index contributed by atoms with van der Waals surface area (Å²) in [6.07, 6.45) is 7.91. The zero-order valence-corrected chi connectivity index (χ0v) is 14.0. The summed E-state index contributed by atoms with van der Waals surface area (Å²) in [5, 5.41) is 10.4. The molecule has 0 saturated heterocycles. The van der Waals surface area contributed by atoms with E-state index in [4.69, 9.17) is 0 Å². The predicted molar refractivity (Wildman–Crippen MR) is 92.4 cm³/mol. The first-order chi connectivity index (χ1) is 10.6. The first-order valence-electron chi connectivity index (χ1n) is 7.16. The number of Topliss-reactive ketones (excluding diaryl/α,β-unsaturated/α-hetero) is 2. The van der Waals surface area contributed by atoms with Gasteiger partial charge >= 0.3 is 0 Å². The van der Waals surface area contributed by atoms with Crippen molar-refractivity contribution in [2.75, 3.05) is 0 Å². The maximum Gasteiger partial charge on any atom is 0.174 e. The van der Waals surface area contributed by atoms with Crippen LogP contribution in [-0.4, -0.2) is 16.7 Å². The summed E-state index contributed by atoms with van der Waals surface area (Å²) < 4.78 is 0.982. The number of carbonyl (C=O) groups is 2. The van der Waals surface area contributed by atoms with E-state index in [1.54, 1.807) is 0 Å². The van der Waals surface area contributed by atoms with Crippen LogP contribution in [0.5, 0.6) is 0 Å². The molecule has 22 heavy (non-hydrogen) atoms. The molecule has 0 aliphatic heterocycles. The van der Waals surface area contributed by atoms with Gasteiger partial charge in [-0.2, -0.15) is 0 Å². The number of halogens is 1. The lowest BCUT2D eigenvalue weighted by atomic mass is 9.75. The first kappa shape index (κ1) is 15.2. The minimum atomic E-state index is -0.298. The van der Waals surface area contributed by atoms with Crippen LogP contribution in [0.3, 0.4) is 0 Å². The van der Waals surface area contributed by atoms with Gasteiger partial charge in [0.25, 0.3) is 0 Å². The lowest BCUT2D eigenvalue weighted by molar-refractivity contribution is -0.122. The van der Waals surface area contributed by atoms with Crippen LogP contribution in [0.1, 0.15) is 12.0 Å². The van der Waals surface area contributed by atoms with E-state index in [1.807, 2.05) is 48.6 Å². The summed E-state index contributed by atoms with van der Waals surface area (Å²) in [6, 6.07) is 7.57. The Morgan fingerprint density at radius 2 is 1.95 bits per heavy atom. The summed E-state index contributed by atoms with van der Waals surface area (Å²) in [5.41, 5.74) is 0.864. The maximum absolute atomic E-state index is 12.5. The van der Waals surface area contributed by atoms with Crippen molar-refractivity contribution in [3.8, 4) is 0 Å². The van der Waals surface area contributed by atoms with Gasteiger partial charge in [0.2, 0.25) is 0 Å². The van der Waals surface area contributed by atoms with Crippen molar-refractivity contribution in [3.05, 3.63) is 69.0 Å². The zero-order chi connectivity index (χ0) is 15.7. The summed E-state index contributed by atoms with van der Waals surface area (Å²) in [6.45, 7) is 0. The van der Waals surface area contributed by atoms with Crippen molar-refractivity contribution >= 4 is 34.2 Å². The number of hydrogen-bond donors (Lipinski definition) is 1. The standard InChI is InChI=1S/C18H15IO3/c19-14-8-4-2-6-12(14)10-16(21)17-15(20)9-11-5-1-3-7-13(11)18(17)22/h1-8,11,13,22H,9-10H2. The average molecular weight is 406 g/mol. The van der Waals surface area contributed by atoms with E-state index in [0.717, 1.165) is 9.13 Å². The summed E-state index contributed by atoms with van der Waals surface area (Å²) in [4.78, 5) is 24.8. The molecule has 2 atom stereocenters. The number of allylic oxidation sites excluding steroid dienone is 5. The monoisotopic (exact) mass is 406 g/mol. The number of aliphatic hydroxyl groups excluding tert-OH is 1. The summed E-state index contributed by atoms with van der Waals surface area (Å²) in [5.74, 6) is -0.914. The van der Waals surface area contributed by atoms with Crippen LogP contribution in [0.4, 0.5) is 0 Å². The van der Waals surface area contributed by atoms with Gasteiger partial charge in [0, 0.05) is 22.3 Å². The van der Waals surface area contributed by atoms with Gasteiger partial charge in [0.05, 0.1) is 5.57 Å². The average Bonchev–Trinajstić information content (AvgIpc) is 2.49. The molecule has 1 N–H and O–H groups in total. The van der Waals surface area contributed by atoms with Crippen LogP contribution in [0.15, 0.2) is 59.9 Å². The second-order valence-corrected chi connectivity index (χ2v) is 6.70. The molecule has 3 nitrogen and oxygen atoms in total. The lowest BCUT2D eigenvalue weighted by Crippen LogP contribution is -2.31. The fourth-order valence-corrected chi connectivity index (χ4v) is 3.55. The minimum absolute atomic E-state index is 0.0131. The second-order valence-electron chi connectivity index (χ2n) is 5.54. The van der Waals surface area contributed by atoms with Gasteiger partial charge in [-0.05, 0) is 40.1 Å². The molecule has 1 aromatic carbocycles. The van der Waals surface area contributed by atoms with Gasteiger partial charge in [-0.1, -0.05) is 42.5 Å². The quantitative estimate of drug-likeness (QED) is 0.617. The number of fused-ring (bicyclic) bond motifs is 1. The fourth-order valence-electron chi connectivity index (χ4n) is 2.97. The van der Waals surface area contributed by atoms with Crippen molar-refractivity contribution in [3.63, 3.8) is 0 Å². The SMILES string of the molecule is O=C(Cc1ccccc1I)C1=C(O)C2C=CC=CC2CC1=O. The molecular weight excluding hydrogens is 391 g/mol.